The number of anilines is 1. The Labute approximate surface area is 124 Å². The maximum absolute atomic E-state index is 12.4. The molecule has 0 unspecified atom stereocenters. The summed E-state index contributed by atoms with van der Waals surface area (Å²) in [6.07, 6.45) is 2.58. The predicted molar refractivity (Wildman–Crippen MR) is 82.2 cm³/mol. The van der Waals surface area contributed by atoms with Crippen LogP contribution in [0.3, 0.4) is 0 Å². The number of carbonyl (C=O) groups excluding carboxylic acids is 1. The lowest BCUT2D eigenvalue weighted by molar-refractivity contribution is -0.122. The van der Waals surface area contributed by atoms with Crippen LogP contribution < -0.4 is 5.32 Å². The second kappa shape index (κ2) is 6.26. The molecule has 5 nitrogen and oxygen atoms in total. The Kier molecular flexibility index (Phi) is 4.20. The molecule has 1 saturated heterocycles. The highest BCUT2D eigenvalue weighted by atomic mass is 16.5. The minimum absolute atomic E-state index is 0.0358. The highest BCUT2D eigenvalue weighted by molar-refractivity contribution is 5.93. The first-order chi connectivity index (χ1) is 10.3. The highest BCUT2D eigenvalue weighted by Crippen LogP contribution is 2.22. The summed E-state index contributed by atoms with van der Waals surface area (Å²) in [4.78, 5) is 16.9. The molecule has 21 heavy (non-hydrogen) atoms. The monoisotopic (exact) mass is 287 g/mol. The van der Waals surface area contributed by atoms with Gasteiger partial charge in [-0.15, -0.1) is 0 Å². The molecule has 1 amide bonds. The number of amides is 1. The van der Waals surface area contributed by atoms with Gasteiger partial charge in [0.25, 0.3) is 0 Å². The molecule has 2 heterocycles. The minimum Gasteiger partial charge on any atom is -0.381 e. The van der Waals surface area contributed by atoms with Gasteiger partial charge in [0, 0.05) is 25.7 Å². The van der Waals surface area contributed by atoms with E-state index < -0.39 is 0 Å². The Morgan fingerprint density at radius 3 is 2.90 bits per heavy atom. The van der Waals surface area contributed by atoms with Gasteiger partial charge in [-0.1, -0.05) is 19.1 Å². The van der Waals surface area contributed by atoms with Crippen LogP contribution in [-0.2, 0) is 16.1 Å². The average Bonchev–Trinajstić information content (AvgIpc) is 2.86. The summed E-state index contributed by atoms with van der Waals surface area (Å²) in [5, 5.41) is 3.01. The molecule has 1 aromatic heterocycles. The zero-order valence-corrected chi connectivity index (χ0v) is 12.3. The van der Waals surface area contributed by atoms with Crippen molar-refractivity contribution in [2.24, 2.45) is 5.92 Å². The molecule has 0 radical (unpaired) electrons. The van der Waals surface area contributed by atoms with Crippen molar-refractivity contribution in [3.63, 3.8) is 0 Å². The molecule has 5 heteroatoms. The van der Waals surface area contributed by atoms with Crippen molar-refractivity contribution in [1.29, 1.82) is 0 Å². The first-order valence-electron chi connectivity index (χ1n) is 7.63. The molecular formula is C16H21N3O2. The highest BCUT2D eigenvalue weighted by Gasteiger charge is 2.23. The predicted octanol–water partition coefficient (Wildman–Crippen LogP) is 2.81. The molecule has 1 aliphatic rings. The van der Waals surface area contributed by atoms with Gasteiger partial charge in [0.2, 0.25) is 11.9 Å². The number of hydrogen-bond acceptors (Lipinski definition) is 3. The van der Waals surface area contributed by atoms with E-state index in [1.54, 1.807) is 0 Å². The van der Waals surface area contributed by atoms with Crippen LogP contribution in [0.4, 0.5) is 5.95 Å². The van der Waals surface area contributed by atoms with Gasteiger partial charge in [-0.05, 0) is 31.4 Å². The van der Waals surface area contributed by atoms with Gasteiger partial charge in [-0.25, -0.2) is 4.98 Å². The summed E-state index contributed by atoms with van der Waals surface area (Å²) >= 11 is 0. The standard InChI is InChI=1S/C16H21N3O2/c1-2-9-19-14-6-4-3-5-13(14)17-16(19)18-15(20)12-7-10-21-11-8-12/h3-6,12H,2,7-11H2,1H3,(H,17,18,20). The largest absolute Gasteiger partial charge is 0.381 e. The van der Waals surface area contributed by atoms with Gasteiger partial charge in [0.1, 0.15) is 0 Å². The van der Waals surface area contributed by atoms with E-state index in [1.807, 2.05) is 24.3 Å². The smallest absolute Gasteiger partial charge is 0.229 e. The first-order valence-corrected chi connectivity index (χ1v) is 7.63. The number of nitrogens with one attached hydrogen (secondary N) is 1. The molecular weight excluding hydrogens is 266 g/mol. The summed E-state index contributed by atoms with van der Waals surface area (Å²) in [5.74, 6) is 0.758. The van der Waals surface area contributed by atoms with Gasteiger partial charge in [0.05, 0.1) is 11.0 Å². The SMILES string of the molecule is CCCn1c(NC(=O)C2CCOCC2)nc2ccccc21. The lowest BCUT2D eigenvalue weighted by atomic mass is 10.00. The van der Waals surface area contributed by atoms with E-state index >= 15 is 0 Å². The van der Waals surface area contributed by atoms with Crippen LogP contribution in [0.15, 0.2) is 24.3 Å². The number of rotatable bonds is 4. The molecule has 1 N–H and O–H groups in total. The van der Waals surface area contributed by atoms with Crippen LogP contribution in [0.1, 0.15) is 26.2 Å². The van der Waals surface area contributed by atoms with Crippen molar-refractivity contribution in [3.05, 3.63) is 24.3 Å². The number of carbonyl (C=O) groups is 1. The van der Waals surface area contributed by atoms with Crippen LogP contribution in [-0.4, -0.2) is 28.7 Å². The van der Waals surface area contributed by atoms with Crippen molar-refractivity contribution in [3.8, 4) is 0 Å². The average molecular weight is 287 g/mol. The molecule has 3 rings (SSSR count). The van der Waals surface area contributed by atoms with E-state index in [0.29, 0.717) is 19.2 Å². The van der Waals surface area contributed by atoms with E-state index in [1.165, 1.54) is 0 Å². The summed E-state index contributed by atoms with van der Waals surface area (Å²) in [6, 6.07) is 7.99. The Bertz CT molecular complexity index is 629. The normalized spacial score (nSPS) is 16.2. The van der Waals surface area contributed by atoms with Crippen molar-refractivity contribution in [2.75, 3.05) is 18.5 Å². The maximum Gasteiger partial charge on any atom is 0.229 e. The lowest BCUT2D eigenvalue weighted by Crippen LogP contribution is -2.29. The molecule has 1 fully saturated rings. The quantitative estimate of drug-likeness (QED) is 0.940. The zero-order chi connectivity index (χ0) is 14.7. The molecule has 0 aliphatic carbocycles. The molecule has 112 valence electrons. The molecule has 0 saturated carbocycles. The summed E-state index contributed by atoms with van der Waals surface area (Å²) < 4.78 is 7.40. The van der Waals surface area contributed by atoms with Gasteiger partial charge in [-0.3, -0.25) is 10.1 Å². The first kappa shape index (κ1) is 14.1. The number of aryl methyl sites for hydroxylation is 1. The third-order valence-electron chi connectivity index (χ3n) is 3.93. The van der Waals surface area contributed by atoms with Crippen LogP contribution in [0.2, 0.25) is 0 Å². The lowest BCUT2D eigenvalue weighted by Gasteiger charge is -2.21. The van der Waals surface area contributed by atoms with Crippen molar-refractivity contribution in [1.82, 2.24) is 9.55 Å². The second-order valence-corrected chi connectivity index (χ2v) is 5.45. The zero-order valence-electron chi connectivity index (χ0n) is 12.3. The Hall–Kier alpha value is -1.88. The summed E-state index contributed by atoms with van der Waals surface area (Å²) in [6.45, 7) is 4.32. The number of para-hydroxylation sites is 2. The van der Waals surface area contributed by atoms with Gasteiger partial charge in [-0.2, -0.15) is 0 Å². The summed E-state index contributed by atoms with van der Waals surface area (Å²) in [5.41, 5.74) is 2.00. The minimum atomic E-state index is 0.0358. The Balaban J connectivity index is 1.85. The number of fused-ring (bicyclic) bond motifs is 1. The van der Waals surface area contributed by atoms with Crippen LogP contribution in [0.25, 0.3) is 11.0 Å². The fourth-order valence-electron chi connectivity index (χ4n) is 2.79. The third kappa shape index (κ3) is 2.93. The van der Waals surface area contributed by atoms with E-state index in [4.69, 9.17) is 4.74 Å². The Morgan fingerprint density at radius 1 is 1.38 bits per heavy atom. The van der Waals surface area contributed by atoms with E-state index in [2.05, 4.69) is 21.8 Å². The van der Waals surface area contributed by atoms with E-state index in [0.717, 1.165) is 36.8 Å². The van der Waals surface area contributed by atoms with E-state index in [-0.39, 0.29) is 11.8 Å². The molecule has 1 aliphatic heterocycles. The fraction of sp³-hybridized carbons (Fsp3) is 0.500. The van der Waals surface area contributed by atoms with Crippen LogP contribution in [0.5, 0.6) is 0 Å². The fourth-order valence-corrected chi connectivity index (χ4v) is 2.79. The number of aromatic nitrogens is 2. The molecule has 0 spiro atoms. The molecule has 1 aromatic carbocycles. The number of hydrogen-bond donors (Lipinski definition) is 1. The number of benzene rings is 1. The van der Waals surface area contributed by atoms with Crippen LogP contribution >= 0.6 is 0 Å². The van der Waals surface area contributed by atoms with Crippen LogP contribution in [0, 0.1) is 5.92 Å². The maximum atomic E-state index is 12.4. The van der Waals surface area contributed by atoms with E-state index in [9.17, 15) is 4.79 Å². The Morgan fingerprint density at radius 2 is 2.14 bits per heavy atom. The molecule has 0 atom stereocenters. The van der Waals surface area contributed by atoms with Gasteiger partial charge >= 0.3 is 0 Å². The molecule has 0 bridgehead atoms. The number of ether oxygens (including phenoxy) is 1. The summed E-state index contributed by atoms with van der Waals surface area (Å²) in [7, 11) is 0. The number of nitrogens with zero attached hydrogens (tertiary/aromatic N) is 2. The number of imidazole rings is 1. The molecule has 2 aromatic rings. The van der Waals surface area contributed by atoms with Crippen molar-refractivity contribution >= 4 is 22.9 Å². The van der Waals surface area contributed by atoms with Crippen molar-refractivity contribution < 1.29 is 9.53 Å². The second-order valence-electron chi connectivity index (χ2n) is 5.45. The third-order valence-corrected chi connectivity index (χ3v) is 3.93. The topological polar surface area (TPSA) is 56.2 Å². The van der Waals surface area contributed by atoms with Gasteiger partial charge in [0.15, 0.2) is 0 Å². The van der Waals surface area contributed by atoms with Gasteiger partial charge < -0.3 is 9.30 Å². The van der Waals surface area contributed by atoms with Crippen molar-refractivity contribution in [2.45, 2.75) is 32.7 Å².